The Morgan fingerprint density at radius 2 is 2.28 bits per heavy atom. The molecule has 104 valence electrons. The highest BCUT2D eigenvalue weighted by Gasteiger charge is 2.31. The van der Waals surface area contributed by atoms with Gasteiger partial charge in [-0.3, -0.25) is 4.99 Å². The van der Waals surface area contributed by atoms with E-state index in [1.54, 1.807) is 0 Å². The van der Waals surface area contributed by atoms with Crippen molar-refractivity contribution in [3.05, 3.63) is 0 Å². The molecule has 0 bridgehead atoms. The number of likely N-dealkylation sites (tertiary alicyclic amines) is 1. The van der Waals surface area contributed by atoms with Crippen molar-refractivity contribution in [1.82, 2.24) is 10.2 Å². The average Bonchev–Trinajstić information content (AvgIpc) is 2.30. The van der Waals surface area contributed by atoms with E-state index in [-0.39, 0.29) is 24.0 Å². The molecule has 1 aliphatic heterocycles. The number of terminal acetylenes is 1. The van der Waals surface area contributed by atoms with Crippen LogP contribution in [0.2, 0.25) is 0 Å². The van der Waals surface area contributed by atoms with Crippen molar-refractivity contribution in [2.45, 2.75) is 39.5 Å². The molecule has 0 spiro atoms. The maximum Gasteiger partial charge on any atom is 0.194 e. The summed E-state index contributed by atoms with van der Waals surface area (Å²) in [5.74, 6) is 3.55. The third-order valence-corrected chi connectivity index (χ3v) is 3.49. The predicted molar refractivity (Wildman–Crippen MR) is 89.4 cm³/mol. The maximum atomic E-state index is 5.28. The fourth-order valence-corrected chi connectivity index (χ4v) is 2.77. The summed E-state index contributed by atoms with van der Waals surface area (Å²) >= 11 is 0. The van der Waals surface area contributed by atoms with Gasteiger partial charge in [0.25, 0.3) is 0 Å². The van der Waals surface area contributed by atoms with E-state index in [9.17, 15) is 0 Å². The molecule has 1 aliphatic rings. The highest BCUT2D eigenvalue weighted by atomic mass is 127. The molecule has 0 amide bonds. The molecule has 1 N–H and O–H groups in total. The van der Waals surface area contributed by atoms with Crippen LogP contribution in [0.15, 0.2) is 4.99 Å². The molecule has 1 atom stereocenters. The molecular formula is C14H26IN3. The normalized spacial score (nSPS) is 24.1. The first kappa shape index (κ1) is 17.6. The second-order valence-electron chi connectivity index (χ2n) is 5.19. The number of piperidine rings is 1. The van der Waals surface area contributed by atoms with Gasteiger partial charge in [-0.05, 0) is 24.7 Å². The molecule has 1 rings (SSSR count). The number of halogens is 1. The number of hydrogen-bond donors (Lipinski definition) is 1. The zero-order valence-electron chi connectivity index (χ0n) is 11.8. The van der Waals surface area contributed by atoms with Crippen molar-refractivity contribution in [3.8, 4) is 12.3 Å². The minimum atomic E-state index is 0. The lowest BCUT2D eigenvalue weighted by Gasteiger charge is -2.41. The smallest absolute Gasteiger partial charge is 0.194 e. The summed E-state index contributed by atoms with van der Waals surface area (Å²) < 4.78 is 0. The minimum Gasteiger partial charge on any atom is -0.345 e. The highest BCUT2D eigenvalue weighted by Crippen LogP contribution is 2.33. The Balaban J connectivity index is 0.00000289. The van der Waals surface area contributed by atoms with Gasteiger partial charge in [0, 0.05) is 20.1 Å². The third-order valence-electron chi connectivity index (χ3n) is 3.49. The van der Waals surface area contributed by atoms with Crippen LogP contribution >= 0.6 is 24.0 Å². The maximum absolute atomic E-state index is 5.28. The number of nitrogens with zero attached hydrogens (tertiary/aromatic N) is 2. The first-order valence-electron chi connectivity index (χ1n) is 6.54. The van der Waals surface area contributed by atoms with Crippen LogP contribution in [-0.2, 0) is 0 Å². The van der Waals surface area contributed by atoms with E-state index in [2.05, 4.69) is 35.0 Å². The molecule has 0 radical (unpaired) electrons. The summed E-state index contributed by atoms with van der Waals surface area (Å²) in [5.41, 5.74) is 0.431. The molecule has 1 heterocycles. The van der Waals surface area contributed by atoms with E-state index in [4.69, 9.17) is 6.42 Å². The standard InChI is InChI=1S/C14H25N3.HI/c1-5-8-14(3)9-7-11-17(12-14)13(15-4)16-10-6-2;/h2H,5,7-12H2,1,3-4H3,(H,15,16);1H. The number of guanidine groups is 1. The number of nitrogens with one attached hydrogen (secondary N) is 1. The van der Waals surface area contributed by atoms with Gasteiger partial charge in [0.1, 0.15) is 0 Å². The van der Waals surface area contributed by atoms with Crippen molar-refractivity contribution >= 4 is 29.9 Å². The molecule has 0 aromatic carbocycles. The summed E-state index contributed by atoms with van der Waals surface area (Å²) in [4.78, 5) is 6.65. The molecule has 0 aromatic rings. The molecule has 1 fully saturated rings. The van der Waals surface area contributed by atoms with Crippen molar-refractivity contribution < 1.29 is 0 Å². The Hall–Kier alpha value is -0.440. The van der Waals surface area contributed by atoms with E-state index in [1.807, 2.05) is 7.05 Å². The summed E-state index contributed by atoms with van der Waals surface area (Å²) in [6, 6.07) is 0. The first-order valence-corrected chi connectivity index (χ1v) is 6.54. The number of hydrogen-bond acceptors (Lipinski definition) is 1. The number of aliphatic imine (C=N–C) groups is 1. The van der Waals surface area contributed by atoms with Crippen LogP contribution in [0.25, 0.3) is 0 Å². The van der Waals surface area contributed by atoms with E-state index in [1.165, 1.54) is 25.7 Å². The second kappa shape index (κ2) is 8.63. The lowest BCUT2D eigenvalue weighted by molar-refractivity contribution is 0.143. The van der Waals surface area contributed by atoms with Crippen LogP contribution in [0, 0.1) is 17.8 Å². The predicted octanol–water partition coefficient (Wildman–Crippen LogP) is 2.72. The molecule has 0 aliphatic carbocycles. The molecule has 1 unspecified atom stereocenters. The zero-order chi connectivity index (χ0) is 12.7. The third kappa shape index (κ3) is 5.05. The lowest BCUT2D eigenvalue weighted by atomic mass is 9.78. The van der Waals surface area contributed by atoms with E-state index < -0.39 is 0 Å². The van der Waals surface area contributed by atoms with Crippen molar-refractivity contribution in [2.24, 2.45) is 10.4 Å². The van der Waals surface area contributed by atoms with E-state index in [0.29, 0.717) is 12.0 Å². The topological polar surface area (TPSA) is 27.6 Å². The average molecular weight is 363 g/mol. The Labute approximate surface area is 129 Å². The monoisotopic (exact) mass is 363 g/mol. The van der Waals surface area contributed by atoms with Crippen LogP contribution in [0.4, 0.5) is 0 Å². The molecule has 0 saturated carbocycles. The van der Waals surface area contributed by atoms with Crippen LogP contribution in [0.3, 0.4) is 0 Å². The Kier molecular flexibility index (Phi) is 8.41. The van der Waals surface area contributed by atoms with Crippen LogP contribution in [0.5, 0.6) is 0 Å². The van der Waals surface area contributed by atoms with E-state index in [0.717, 1.165) is 19.0 Å². The van der Waals surface area contributed by atoms with Crippen LogP contribution in [-0.4, -0.2) is 37.5 Å². The van der Waals surface area contributed by atoms with Gasteiger partial charge in [-0.15, -0.1) is 30.4 Å². The molecule has 4 heteroatoms. The zero-order valence-corrected chi connectivity index (χ0v) is 14.2. The van der Waals surface area contributed by atoms with Gasteiger partial charge in [-0.2, -0.15) is 0 Å². The second-order valence-corrected chi connectivity index (χ2v) is 5.19. The van der Waals surface area contributed by atoms with Gasteiger partial charge in [0.05, 0.1) is 6.54 Å². The molecule has 0 aromatic heterocycles. The quantitative estimate of drug-likeness (QED) is 0.361. The van der Waals surface area contributed by atoms with Gasteiger partial charge in [-0.1, -0.05) is 26.2 Å². The van der Waals surface area contributed by atoms with Gasteiger partial charge in [0.2, 0.25) is 0 Å². The Morgan fingerprint density at radius 1 is 1.56 bits per heavy atom. The summed E-state index contributed by atoms with van der Waals surface area (Å²) in [7, 11) is 1.82. The molecule has 18 heavy (non-hydrogen) atoms. The summed E-state index contributed by atoms with van der Waals surface area (Å²) in [5, 5.41) is 3.21. The van der Waals surface area contributed by atoms with Gasteiger partial charge in [0.15, 0.2) is 5.96 Å². The fourth-order valence-electron chi connectivity index (χ4n) is 2.77. The fraction of sp³-hybridized carbons (Fsp3) is 0.786. The summed E-state index contributed by atoms with van der Waals surface area (Å²) in [6.45, 7) is 7.37. The van der Waals surface area contributed by atoms with Crippen molar-refractivity contribution in [2.75, 3.05) is 26.7 Å². The first-order chi connectivity index (χ1) is 8.15. The van der Waals surface area contributed by atoms with Gasteiger partial charge in [-0.25, -0.2) is 0 Å². The molecule has 1 saturated heterocycles. The Bertz CT molecular complexity index is 305. The minimum absolute atomic E-state index is 0. The van der Waals surface area contributed by atoms with Crippen LogP contribution in [0.1, 0.15) is 39.5 Å². The number of rotatable bonds is 3. The van der Waals surface area contributed by atoms with Gasteiger partial charge < -0.3 is 10.2 Å². The lowest BCUT2D eigenvalue weighted by Crippen LogP contribution is -2.49. The largest absolute Gasteiger partial charge is 0.345 e. The van der Waals surface area contributed by atoms with Gasteiger partial charge >= 0.3 is 0 Å². The Morgan fingerprint density at radius 3 is 2.83 bits per heavy atom. The van der Waals surface area contributed by atoms with Crippen LogP contribution < -0.4 is 5.32 Å². The molecule has 3 nitrogen and oxygen atoms in total. The SMILES string of the molecule is C#CCNC(=NC)N1CCCC(C)(CCC)C1.I. The van der Waals surface area contributed by atoms with E-state index >= 15 is 0 Å². The highest BCUT2D eigenvalue weighted by molar-refractivity contribution is 14.0. The molecular weight excluding hydrogens is 337 g/mol. The summed E-state index contributed by atoms with van der Waals surface area (Å²) in [6.07, 6.45) is 10.4. The van der Waals surface area contributed by atoms with Crippen molar-refractivity contribution in [1.29, 1.82) is 0 Å². The van der Waals surface area contributed by atoms with Crippen molar-refractivity contribution in [3.63, 3.8) is 0 Å².